The number of hydrogen-bond acceptors (Lipinski definition) is 3. The zero-order valence-corrected chi connectivity index (χ0v) is 13.7. The van der Waals surface area contributed by atoms with Crippen LogP contribution in [-0.2, 0) is 6.54 Å². The fourth-order valence-corrected chi connectivity index (χ4v) is 5.39. The first-order valence-corrected chi connectivity index (χ1v) is 8.91. The number of rotatable bonds is 6. The second kappa shape index (κ2) is 6.12. The maximum Gasteiger partial charge on any atom is 0.151 e. The second-order valence-electron chi connectivity index (χ2n) is 7.75. The van der Waals surface area contributed by atoms with Crippen LogP contribution in [0.1, 0.15) is 50.0 Å². The lowest BCUT2D eigenvalue weighted by molar-refractivity contribution is -0.0215. The van der Waals surface area contributed by atoms with Gasteiger partial charge < -0.3 is 9.84 Å². The number of allylic oxidation sites excluding steroid dienone is 4. The van der Waals surface area contributed by atoms with Crippen molar-refractivity contribution in [2.24, 2.45) is 17.8 Å². The highest BCUT2D eigenvalue weighted by molar-refractivity contribution is 5.46. The minimum atomic E-state index is 0.379. The smallest absolute Gasteiger partial charge is 0.151 e. The lowest BCUT2D eigenvalue weighted by Crippen LogP contribution is -2.58. The summed E-state index contributed by atoms with van der Waals surface area (Å²) in [4.78, 5) is 0. The van der Waals surface area contributed by atoms with E-state index in [1.165, 1.54) is 38.5 Å². The van der Waals surface area contributed by atoms with E-state index >= 15 is 0 Å². The third-order valence-corrected chi connectivity index (χ3v) is 5.88. The van der Waals surface area contributed by atoms with Crippen molar-refractivity contribution in [1.29, 1.82) is 0 Å². The molecule has 5 rings (SSSR count). The molecule has 1 aromatic heterocycles. The second-order valence-corrected chi connectivity index (χ2v) is 7.75. The molecule has 0 saturated heterocycles. The predicted octanol–water partition coefficient (Wildman–Crippen LogP) is 4.49. The minimum absolute atomic E-state index is 0.379. The standard InChI is InChI=1S/C20H26N2O/c1-2-3-4-5-6-18-10-19(23-22-18)14-21-20-11-15-7-16(12-20)9-17(8-15)13-20/h2-6,10,15-17,21H,1,7-9,11-14H2. The quantitative estimate of drug-likeness (QED) is 0.787. The van der Waals surface area contributed by atoms with Crippen molar-refractivity contribution in [2.75, 3.05) is 0 Å². The van der Waals surface area contributed by atoms with Gasteiger partial charge in [-0.15, -0.1) is 0 Å². The van der Waals surface area contributed by atoms with Crippen LogP contribution in [-0.4, -0.2) is 10.7 Å². The van der Waals surface area contributed by atoms with Crippen molar-refractivity contribution in [3.05, 3.63) is 48.4 Å². The maximum absolute atomic E-state index is 5.48. The topological polar surface area (TPSA) is 38.1 Å². The molecule has 0 radical (unpaired) electrons. The van der Waals surface area contributed by atoms with Gasteiger partial charge in [-0.05, 0) is 62.4 Å². The molecular weight excluding hydrogens is 284 g/mol. The molecule has 0 amide bonds. The lowest BCUT2D eigenvalue weighted by atomic mass is 9.53. The minimum Gasteiger partial charge on any atom is -0.359 e. The molecule has 0 atom stereocenters. The van der Waals surface area contributed by atoms with Gasteiger partial charge in [0.1, 0.15) is 5.69 Å². The lowest BCUT2D eigenvalue weighted by Gasteiger charge is -2.57. The summed E-state index contributed by atoms with van der Waals surface area (Å²) >= 11 is 0. The van der Waals surface area contributed by atoms with Crippen LogP contribution in [0.3, 0.4) is 0 Å². The summed E-state index contributed by atoms with van der Waals surface area (Å²) in [7, 11) is 0. The summed E-state index contributed by atoms with van der Waals surface area (Å²) in [6, 6.07) is 2.03. The summed E-state index contributed by atoms with van der Waals surface area (Å²) < 4.78 is 5.48. The van der Waals surface area contributed by atoms with Crippen LogP contribution in [0.5, 0.6) is 0 Å². The molecule has 1 heterocycles. The van der Waals surface area contributed by atoms with Gasteiger partial charge in [0, 0.05) is 11.6 Å². The third-order valence-electron chi connectivity index (χ3n) is 5.88. The van der Waals surface area contributed by atoms with Gasteiger partial charge >= 0.3 is 0 Å². The Morgan fingerprint density at radius 2 is 1.83 bits per heavy atom. The molecule has 4 aliphatic carbocycles. The van der Waals surface area contributed by atoms with E-state index in [-0.39, 0.29) is 0 Å². The van der Waals surface area contributed by atoms with Gasteiger partial charge in [0.2, 0.25) is 0 Å². The molecule has 3 nitrogen and oxygen atoms in total. The molecule has 1 N–H and O–H groups in total. The fraction of sp³-hybridized carbons (Fsp3) is 0.550. The summed E-state index contributed by atoms with van der Waals surface area (Å²) in [6.45, 7) is 4.45. The summed E-state index contributed by atoms with van der Waals surface area (Å²) in [5.74, 6) is 3.85. The largest absolute Gasteiger partial charge is 0.359 e. The molecule has 0 aliphatic heterocycles. The van der Waals surface area contributed by atoms with Gasteiger partial charge in [0.15, 0.2) is 5.76 Å². The maximum atomic E-state index is 5.48. The Bertz CT molecular complexity index is 590. The Labute approximate surface area is 138 Å². The molecule has 1 aromatic rings. The van der Waals surface area contributed by atoms with Crippen LogP contribution in [0, 0.1) is 17.8 Å². The fourth-order valence-electron chi connectivity index (χ4n) is 5.39. The highest BCUT2D eigenvalue weighted by Gasteiger charge is 2.50. The highest BCUT2D eigenvalue weighted by Crippen LogP contribution is 2.55. The Morgan fingerprint density at radius 1 is 1.13 bits per heavy atom. The van der Waals surface area contributed by atoms with Crippen molar-refractivity contribution in [3.63, 3.8) is 0 Å². The van der Waals surface area contributed by atoms with Crippen molar-refractivity contribution in [1.82, 2.24) is 10.5 Å². The summed E-state index contributed by atoms with van der Waals surface area (Å²) in [5, 5.41) is 7.97. The molecule has 3 heteroatoms. The Morgan fingerprint density at radius 3 is 2.48 bits per heavy atom. The first-order valence-electron chi connectivity index (χ1n) is 8.91. The van der Waals surface area contributed by atoms with E-state index in [9.17, 15) is 0 Å². The molecule has 4 aliphatic rings. The molecule has 4 bridgehead atoms. The SMILES string of the molecule is C=CC=CC=Cc1cc(CNC23CC4CC(CC(C4)C2)C3)on1. The first kappa shape index (κ1) is 14.9. The van der Waals surface area contributed by atoms with Crippen molar-refractivity contribution >= 4 is 6.08 Å². The highest BCUT2D eigenvalue weighted by atomic mass is 16.5. The Balaban J connectivity index is 1.36. The normalized spacial score (nSPS) is 35.6. The molecule has 4 fully saturated rings. The van der Waals surface area contributed by atoms with Crippen molar-refractivity contribution < 1.29 is 4.52 Å². The van der Waals surface area contributed by atoms with E-state index in [1.807, 2.05) is 30.4 Å². The van der Waals surface area contributed by atoms with Gasteiger partial charge in [0.05, 0.1) is 6.54 Å². The molecule has 122 valence electrons. The summed E-state index contributed by atoms with van der Waals surface area (Å²) in [6.07, 6.45) is 18.1. The monoisotopic (exact) mass is 310 g/mol. The molecule has 0 spiro atoms. The van der Waals surface area contributed by atoms with Crippen molar-refractivity contribution in [2.45, 2.75) is 50.6 Å². The number of aromatic nitrogens is 1. The predicted molar refractivity (Wildman–Crippen MR) is 92.6 cm³/mol. The Kier molecular flexibility index (Phi) is 3.98. The van der Waals surface area contributed by atoms with Crippen molar-refractivity contribution in [3.8, 4) is 0 Å². The zero-order valence-electron chi connectivity index (χ0n) is 13.7. The van der Waals surface area contributed by atoms with E-state index in [0.717, 1.165) is 35.8 Å². The zero-order chi connectivity index (χ0) is 15.7. The van der Waals surface area contributed by atoms with E-state index in [0.29, 0.717) is 5.54 Å². The third kappa shape index (κ3) is 3.20. The van der Waals surface area contributed by atoms with Gasteiger partial charge in [-0.3, -0.25) is 0 Å². The van der Waals surface area contributed by atoms with E-state index in [2.05, 4.69) is 17.1 Å². The summed E-state index contributed by atoms with van der Waals surface area (Å²) in [5.41, 5.74) is 1.26. The average Bonchev–Trinajstić information content (AvgIpc) is 2.96. The Hall–Kier alpha value is -1.61. The molecule has 0 aromatic carbocycles. The van der Waals surface area contributed by atoms with Crippen LogP contribution in [0.15, 0.2) is 41.5 Å². The van der Waals surface area contributed by atoms with Crippen LogP contribution in [0.4, 0.5) is 0 Å². The van der Waals surface area contributed by atoms with Gasteiger partial charge in [0.25, 0.3) is 0 Å². The molecule has 23 heavy (non-hydrogen) atoms. The number of hydrogen-bond donors (Lipinski definition) is 1. The molecule has 0 unspecified atom stereocenters. The first-order chi connectivity index (χ1) is 11.2. The molecular formula is C20H26N2O. The van der Waals surface area contributed by atoms with Gasteiger partial charge in [-0.1, -0.05) is 36.0 Å². The van der Waals surface area contributed by atoms with Crippen LogP contribution in [0.2, 0.25) is 0 Å². The van der Waals surface area contributed by atoms with Gasteiger partial charge in [-0.25, -0.2) is 0 Å². The van der Waals surface area contributed by atoms with Crippen LogP contribution < -0.4 is 5.32 Å². The van der Waals surface area contributed by atoms with E-state index in [4.69, 9.17) is 4.52 Å². The van der Waals surface area contributed by atoms with E-state index < -0.39 is 0 Å². The molecule has 4 saturated carbocycles. The van der Waals surface area contributed by atoms with Gasteiger partial charge in [-0.2, -0.15) is 0 Å². The van der Waals surface area contributed by atoms with Crippen LogP contribution >= 0.6 is 0 Å². The number of nitrogens with zero attached hydrogens (tertiary/aromatic N) is 1. The average molecular weight is 310 g/mol. The van der Waals surface area contributed by atoms with E-state index in [1.54, 1.807) is 6.08 Å². The van der Waals surface area contributed by atoms with Crippen LogP contribution in [0.25, 0.3) is 6.08 Å². The number of nitrogens with one attached hydrogen (secondary N) is 1.